The lowest BCUT2D eigenvalue weighted by molar-refractivity contribution is -0.0114. The summed E-state index contributed by atoms with van der Waals surface area (Å²) >= 11 is 0. The Kier molecular flexibility index (Phi) is 4.82. The zero-order valence-corrected chi connectivity index (χ0v) is 16.3. The van der Waals surface area contributed by atoms with Gasteiger partial charge in [0.15, 0.2) is 0 Å². The Labute approximate surface area is 160 Å². The Morgan fingerprint density at radius 3 is 2.81 bits per heavy atom. The molecule has 3 atom stereocenters. The molecule has 1 N–H and O–H groups in total. The Bertz CT molecular complexity index is 825. The van der Waals surface area contributed by atoms with E-state index in [9.17, 15) is 5.11 Å². The summed E-state index contributed by atoms with van der Waals surface area (Å²) in [6.07, 6.45) is 3.65. The summed E-state index contributed by atoms with van der Waals surface area (Å²) in [6, 6.07) is 9.96. The van der Waals surface area contributed by atoms with Gasteiger partial charge in [0, 0.05) is 43.4 Å². The standard InChI is InChI=1S/C22H28N2O3/c1-15-5-4-10-23-21(15)22(25)9-8-16-12-24(14-19(16)22)13-17-6-7-18(26-2)11-20(17)27-3/h4-7,10-11,16,19,25H,8-9,12-14H2,1-3H3/t16-,19+,22-/m0/s1. The third-order valence-electron chi connectivity index (χ3n) is 6.33. The number of benzene rings is 1. The predicted octanol–water partition coefficient (Wildman–Crippen LogP) is 3.14. The molecule has 144 valence electrons. The Morgan fingerprint density at radius 2 is 2.07 bits per heavy atom. The molecule has 2 aliphatic rings. The van der Waals surface area contributed by atoms with Crippen LogP contribution in [0.3, 0.4) is 0 Å². The Balaban J connectivity index is 1.53. The molecule has 5 nitrogen and oxygen atoms in total. The van der Waals surface area contributed by atoms with Gasteiger partial charge in [0.05, 0.1) is 19.9 Å². The maximum absolute atomic E-state index is 11.5. The van der Waals surface area contributed by atoms with E-state index in [1.54, 1.807) is 20.4 Å². The first-order valence-electron chi connectivity index (χ1n) is 9.63. The Hall–Kier alpha value is -2.11. The average molecular weight is 368 g/mol. The number of likely N-dealkylation sites (tertiary alicyclic amines) is 1. The lowest BCUT2D eigenvalue weighted by atomic mass is 9.83. The number of hydrogen-bond acceptors (Lipinski definition) is 5. The average Bonchev–Trinajstić information content (AvgIpc) is 3.23. The highest BCUT2D eigenvalue weighted by molar-refractivity contribution is 5.40. The van der Waals surface area contributed by atoms with Gasteiger partial charge in [0.1, 0.15) is 17.1 Å². The molecule has 0 radical (unpaired) electrons. The van der Waals surface area contributed by atoms with Crippen molar-refractivity contribution >= 4 is 0 Å². The number of nitrogens with zero attached hydrogens (tertiary/aromatic N) is 2. The fraction of sp³-hybridized carbons (Fsp3) is 0.500. The number of aryl methyl sites for hydroxylation is 1. The summed E-state index contributed by atoms with van der Waals surface area (Å²) in [7, 11) is 3.36. The first-order chi connectivity index (χ1) is 13.0. The minimum Gasteiger partial charge on any atom is -0.497 e. The van der Waals surface area contributed by atoms with E-state index in [4.69, 9.17) is 9.47 Å². The lowest BCUT2D eigenvalue weighted by Crippen LogP contribution is -2.36. The van der Waals surface area contributed by atoms with Gasteiger partial charge in [0.25, 0.3) is 0 Å². The molecule has 2 heterocycles. The number of fused-ring (bicyclic) bond motifs is 1. The highest BCUT2D eigenvalue weighted by atomic mass is 16.5. The first kappa shape index (κ1) is 18.3. The van der Waals surface area contributed by atoms with Crippen molar-refractivity contribution in [1.82, 2.24) is 9.88 Å². The molecule has 1 aliphatic heterocycles. The first-order valence-corrected chi connectivity index (χ1v) is 9.63. The monoisotopic (exact) mass is 368 g/mol. The molecule has 1 aromatic heterocycles. The Morgan fingerprint density at radius 1 is 1.22 bits per heavy atom. The molecule has 4 rings (SSSR count). The summed E-state index contributed by atoms with van der Waals surface area (Å²) in [5.74, 6) is 2.40. The molecular formula is C22H28N2O3. The van der Waals surface area contributed by atoms with Crippen LogP contribution in [-0.4, -0.2) is 42.3 Å². The van der Waals surface area contributed by atoms with Crippen LogP contribution in [0, 0.1) is 18.8 Å². The minimum atomic E-state index is -0.811. The lowest BCUT2D eigenvalue weighted by Gasteiger charge is -2.31. The molecule has 2 aromatic rings. The molecular weight excluding hydrogens is 340 g/mol. The summed E-state index contributed by atoms with van der Waals surface area (Å²) in [6.45, 7) is 4.75. The summed E-state index contributed by atoms with van der Waals surface area (Å²) in [4.78, 5) is 6.98. The van der Waals surface area contributed by atoms with E-state index in [1.807, 2.05) is 31.2 Å². The van der Waals surface area contributed by atoms with Crippen LogP contribution in [0.2, 0.25) is 0 Å². The molecule has 1 aliphatic carbocycles. The summed E-state index contributed by atoms with van der Waals surface area (Å²) in [5, 5.41) is 11.5. The smallest absolute Gasteiger partial charge is 0.127 e. The maximum atomic E-state index is 11.5. The summed E-state index contributed by atoms with van der Waals surface area (Å²) < 4.78 is 10.8. The van der Waals surface area contributed by atoms with Gasteiger partial charge in [0.2, 0.25) is 0 Å². The van der Waals surface area contributed by atoms with E-state index in [1.165, 1.54) is 0 Å². The van der Waals surface area contributed by atoms with Crippen molar-refractivity contribution in [1.29, 1.82) is 0 Å². The van der Waals surface area contributed by atoms with Gasteiger partial charge in [-0.15, -0.1) is 0 Å². The largest absolute Gasteiger partial charge is 0.497 e. The van der Waals surface area contributed by atoms with Crippen molar-refractivity contribution in [2.24, 2.45) is 11.8 Å². The predicted molar refractivity (Wildman–Crippen MR) is 104 cm³/mol. The van der Waals surface area contributed by atoms with Crippen LogP contribution in [-0.2, 0) is 12.1 Å². The topological polar surface area (TPSA) is 54.8 Å². The second kappa shape index (κ2) is 7.13. The van der Waals surface area contributed by atoms with E-state index in [0.717, 1.165) is 60.8 Å². The quantitative estimate of drug-likeness (QED) is 0.879. The highest BCUT2D eigenvalue weighted by Crippen LogP contribution is 2.50. The van der Waals surface area contributed by atoms with Gasteiger partial charge in [-0.25, -0.2) is 0 Å². The van der Waals surface area contributed by atoms with E-state index in [0.29, 0.717) is 5.92 Å². The van der Waals surface area contributed by atoms with Crippen LogP contribution in [0.25, 0.3) is 0 Å². The van der Waals surface area contributed by atoms with Gasteiger partial charge in [-0.05, 0) is 43.4 Å². The number of pyridine rings is 1. The SMILES string of the molecule is COc1ccc(CN2C[C@@H]3CC[C@@](O)(c4ncccc4C)[C@@H]3C2)c(OC)c1. The molecule has 1 saturated carbocycles. The molecule has 2 fully saturated rings. The fourth-order valence-corrected chi connectivity index (χ4v) is 4.97. The van der Waals surface area contributed by atoms with E-state index in [2.05, 4.69) is 16.0 Å². The van der Waals surface area contributed by atoms with Gasteiger partial charge < -0.3 is 14.6 Å². The van der Waals surface area contributed by atoms with Gasteiger partial charge in [-0.2, -0.15) is 0 Å². The number of aromatic nitrogens is 1. The van der Waals surface area contributed by atoms with Gasteiger partial charge in [-0.3, -0.25) is 9.88 Å². The second-order valence-electron chi connectivity index (χ2n) is 7.87. The number of methoxy groups -OCH3 is 2. The number of hydrogen-bond donors (Lipinski definition) is 1. The molecule has 27 heavy (non-hydrogen) atoms. The molecule has 1 saturated heterocycles. The minimum absolute atomic E-state index is 0.232. The van der Waals surface area contributed by atoms with Crippen molar-refractivity contribution < 1.29 is 14.6 Å². The molecule has 1 aromatic carbocycles. The number of rotatable bonds is 5. The van der Waals surface area contributed by atoms with Crippen molar-refractivity contribution in [2.75, 3.05) is 27.3 Å². The molecule has 0 amide bonds. The van der Waals surface area contributed by atoms with Crippen LogP contribution in [0.15, 0.2) is 36.5 Å². The normalized spacial score (nSPS) is 27.6. The second-order valence-corrected chi connectivity index (χ2v) is 7.87. The van der Waals surface area contributed by atoms with Crippen LogP contribution >= 0.6 is 0 Å². The van der Waals surface area contributed by atoms with Crippen molar-refractivity contribution in [2.45, 2.75) is 31.9 Å². The molecule has 0 bridgehead atoms. The van der Waals surface area contributed by atoms with Crippen LogP contribution in [0.5, 0.6) is 11.5 Å². The van der Waals surface area contributed by atoms with Crippen molar-refractivity contribution in [3.63, 3.8) is 0 Å². The van der Waals surface area contributed by atoms with Crippen LogP contribution in [0.1, 0.15) is 29.7 Å². The third-order valence-corrected chi connectivity index (χ3v) is 6.33. The third kappa shape index (κ3) is 3.19. The molecule has 0 spiro atoms. The van der Waals surface area contributed by atoms with E-state index < -0.39 is 5.60 Å². The van der Waals surface area contributed by atoms with E-state index in [-0.39, 0.29) is 5.92 Å². The molecule has 5 heteroatoms. The van der Waals surface area contributed by atoms with Crippen LogP contribution < -0.4 is 9.47 Å². The van der Waals surface area contributed by atoms with E-state index >= 15 is 0 Å². The van der Waals surface area contributed by atoms with Gasteiger partial charge >= 0.3 is 0 Å². The zero-order chi connectivity index (χ0) is 19.0. The summed E-state index contributed by atoms with van der Waals surface area (Å²) in [5.41, 5.74) is 2.28. The van der Waals surface area contributed by atoms with Gasteiger partial charge in [-0.1, -0.05) is 12.1 Å². The highest BCUT2D eigenvalue weighted by Gasteiger charge is 2.53. The fourth-order valence-electron chi connectivity index (χ4n) is 4.97. The van der Waals surface area contributed by atoms with Crippen LogP contribution in [0.4, 0.5) is 0 Å². The van der Waals surface area contributed by atoms with Crippen molar-refractivity contribution in [3.8, 4) is 11.5 Å². The zero-order valence-electron chi connectivity index (χ0n) is 16.3. The number of ether oxygens (including phenoxy) is 2. The number of aliphatic hydroxyl groups is 1. The van der Waals surface area contributed by atoms with Crippen molar-refractivity contribution in [3.05, 3.63) is 53.3 Å². The molecule has 0 unspecified atom stereocenters. The maximum Gasteiger partial charge on any atom is 0.127 e.